The van der Waals surface area contributed by atoms with Crippen molar-refractivity contribution in [2.24, 2.45) is 5.92 Å². The summed E-state index contributed by atoms with van der Waals surface area (Å²) in [4.78, 5) is 2.59. The number of piperidine rings is 1. The molecular formula is C16H25BrN2. The van der Waals surface area contributed by atoms with E-state index in [2.05, 4.69) is 57.3 Å². The highest BCUT2D eigenvalue weighted by Crippen LogP contribution is 2.21. The van der Waals surface area contributed by atoms with Crippen LogP contribution in [-0.4, -0.2) is 31.1 Å². The molecule has 3 heteroatoms. The van der Waals surface area contributed by atoms with E-state index in [1.54, 1.807) is 0 Å². The third kappa shape index (κ3) is 5.25. The van der Waals surface area contributed by atoms with Crippen LogP contribution in [0, 0.1) is 5.92 Å². The minimum atomic E-state index is 0.931. The number of rotatable bonds is 6. The molecule has 0 spiro atoms. The quantitative estimate of drug-likeness (QED) is 0.803. The van der Waals surface area contributed by atoms with Crippen LogP contribution in [-0.2, 0) is 6.54 Å². The lowest BCUT2D eigenvalue weighted by Crippen LogP contribution is -2.34. The zero-order valence-corrected chi connectivity index (χ0v) is 13.5. The highest BCUT2D eigenvalue weighted by molar-refractivity contribution is 9.10. The van der Waals surface area contributed by atoms with Gasteiger partial charge in [0.15, 0.2) is 0 Å². The Morgan fingerprint density at radius 3 is 2.53 bits per heavy atom. The van der Waals surface area contributed by atoms with Crippen molar-refractivity contribution in [2.75, 3.05) is 26.2 Å². The molecule has 1 aromatic carbocycles. The maximum absolute atomic E-state index is 3.49. The van der Waals surface area contributed by atoms with Gasteiger partial charge < -0.3 is 5.32 Å². The molecule has 1 aromatic rings. The summed E-state index contributed by atoms with van der Waals surface area (Å²) < 4.78 is 1.17. The average Bonchev–Trinajstić information content (AvgIpc) is 2.44. The van der Waals surface area contributed by atoms with Crippen molar-refractivity contribution in [1.29, 1.82) is 0 Å². The van der Waals surface area contributed by atoms with E-state index in [-0.39, 0.29) is 0 Å². The largest absolute Gasteiger partial charge is 0.317 e. The predicted octanol–water partition coefficient (Wildman–Crippen LogP) is 3.66. The maximum Gasteiger partial charge on any atom is 0.0233 e. The second-order valence-electron chi connectivity index (χ2n) is 5.49. The highest BCUT2D eigenvalue weighted by atomic mass is 79.9. The molecule has 0 aliphatic carbocycles. The van der Waals surface area contributed by atoms with Gasteiger partial charge in [-0.2, -0.15) is 0 Å². The van der Waals surface area contributed by atoms with E-state index in [1.807, 2.05) is 0 Å². The first-order valence-electron chi connectivity index (χ1n) is 7.45. The molecule has 0 radical (unpaired) electrons. The molecule has 1 aliphatic heterocycles. The van der Waals surface area contributed by atoms with E-state index < -0.39 is 0 Å². The van der Waals surface area contributed by atoms with Gasteiger partial charge in [-0.05, 0) is 69.1 Å². The van der Waals surface area contributed by atoms with Crippen molar-refractivity contribution in [3.05, 3.63) is 34.3 Å². The van der Waals surface area contributed by atoms with Gasteiger partial charge in [-0.3, -0.25) is 4.90 Å². The van der Waals surface area contributed by atoms with Crippen LogP contribution in [0.3, 0.4) is 0 Å². The Labute approximate surface area is 125 Å². The van der Waals surface area contributed by atoms with Crippen molar-refractivity contribution < 1.29 is 0 Å². The summed E-state index contributed by atoms with van der Waals surface area (Å²) >= 11 is 3.49. The van der Waals surface area contributed by atoms with Gasteiger partial charge in [0, 0.05) is 11.0 Å². The molecule has 1 aliphatic rings. The number of likely N-dealkylation sites (tertiary alicyclic amines) is 1. The Hall–Kier alpha value is -0.380. The molecule has 0 saturated carbocycles. The van der Waals surface area contributed by atoms with E-state index in [4.69, 9.17) is 0 Å². The van der Waals surface area contributed by atoms with Crippen LogP contribution in [0.5, 0.6) is 0 Å². The van der Waals surface area contributed by atoms with E-state index in [0.29, 0.717) is 0 Å². The highest BCUT2D eigenvalue weighted by Gasteiger charge is 2.18. The molecule has 0 bridgehead atoms. The van der Waals surface area contributed by atoms with Crippen LogP contribution in [0.4, 0.5) is 0 Å². The van der Waals surface area contributed by atoms with Gasteiger partial charge in [0.05, 0.1) is 0 Å². The number of hydrogen-bond acceptors (Lipinski definition) is 2. The Bertz CT molecular complexity index is 356. The summed E-state index contributed by atoms with van der Waals surface area (Å²) in [5.41, 5.74) is 1.43. The van der Waals surface area contributed by atoms with E-state index in [1.165, 1.54) is 48.9 Å². The fourth-order valence-electron chi connectivity index (χ4n) is 2.76. The smallest absolute Gasteiger partial charge is 0.0233 e. The summed E-state index contributed by atoms with van der Waals surface area (Å²) in [6.07, 6.45) is 4.07. The molecule has 0 unspecified atom stereocenters. The number of nitrogens with one attached hydrogen (secondary N) is 1. The minimum absolute atomic E-state index is 0.931. The normalized spacial score (nSPS) is 17.8. The molecule has 0 aromatic heterocycles. The first-order chi connectivity index (χ1) is 9.28. The van der Waals surface area contributed by atoms with Crippen LogP contribution in [0.2, 0.25) is 0 Å². The molecular weight excluding hydrogens is 300 g/mol. The van der Waals surface area contributed by atoms with Crippen LogP contribution < -0.4 is 5.32 Å². The average molecular weight is 325 g/mol. The molecule has 106 valence electrons. The van der Waals surface area contributed by atoms with Gasteiger partial charge in [-0.25, -0.2) is 0 Å². The predicted molar refractivity (Wildman–Crippen MR) is 85.3 cm³/mol. The topological polar surface area (TPSA) is 15.3 Å². The summed E-state index contributed by atoms with van der Waals surface area (Å²) in [5, 5.41) is 3.43. The second-order valence-corrected chi connectivity index (χ2v) is 6.40. The van der Waals surface area contributed by atoms with Gasteiger partial charge in [0.1, 0.15) is 0 Å². The molecule has 2 nitrogen and oxygen atoms in total. The van der Waals surface area contributed by atoms with Crippen LogP contribution in [0.1, 0.15) is 31.7 Å². The number of benzene rings is 1. The number of hydrogen-bond donors (Lipinski definition) is 1. The second kappa shape index (κ2) is 8.03. The molecule has 1 heterocycles. The van der Waals surface area contributed by atoms with Crippen LogP contribution >= 0.6 is 15.9 Å². The van der Waals surface area contributed by atoms with E-state index in [0.717, 1.165) is 19.0 Å². The lowest BCUT2D eigenvalue weighted by Gasteiger charge is -2.32. The minimum Gasteiger partial charge on any atom is -0.317 e. The van der Waals surface area contributed by atoms with Gasteiger partial charge in [-0.1, -0.05) is 35.0 Å². The fourth-order valence-corrected chi connectivity index (χ4v) is 3.03. The van der Waals surface area contributed by atoms with Gasteiger partial charge in [0.25, 0.3) is 0 Å². The zero-order chi connectivity index (χ0) is 13.5. The standard InChI is InChI=1S/C16H25BrN2/c1-2-18-10-7-14-8-11-19(12-9-14)13-15-3-5-16(17)6-4-15/h3-6,14,18H,2,7-13H2,1H3. The van der Waals surface area contributed by atoms with Crippen molar-refractivity contribution in [3.8, 4) is 0 Å². The van der Waals surface area contributed by atoms with Gasteiger partial charge >= 0.3 is 0 Å². The first-order valence-corrected chi connectivity index (χ1v) is 8.24. The third-order valence-corrected chi connectivity index (χ3v) is 4.53. The summed E-state index contributed by atoms with van der Waals surface area (Å²) in [7, 11) is 0. The monoisotopic (exact) mass is 324 g/mol. The molecule has 2 rings (SSSR count). The molecule has 0 amide bonds. The Morgan fingerprint density at radius 1 is 1.21 bits per heavy atom. The number of halogens is 1. The summed E-state index contributed by atoms with van der Waals surface area (Å²) in [6, 6.07) is 8.72. The van der Waals surface area contributed by atoms with Gasteiger partial charge in [0.2, 0.25) is 0 Å². The lowest BCUT2D eigenvalue weighted by atomic mass is 9.93. The lowest BCUT2D eigenvalue weighted by molar-refractivity contribution is 0.172. The molecule has 0 atom stereocenters. The van der Waals surface area contributed by atoms with Crippen molar-refractivity contribution >= 4 is 15.9 Å². The molecule has 1 N–H and O–H groups in total. The van der Waals surface area contributed by atoms with Crippen LogP contribution in [0.25, 0.3) is 0 Å². The Kier molecular flexibility index (Phi) is 6.35. The molecule has 1 fully saturated rings. The molecule has 1 saturated heterocycles. The van der Waals surface area contributed by atoms with Crippen molar-refractivity contribution in [3.63, 3.8) is 0 Å². The fraction of sp³-hybridized carbons (Fsp3) is 0.625. The Balaban J connectivity index is 1.69. The van der Waals surface area contributed by atoms with Crippen LogP contribution in [0.15, 0.2) is 28.7 Å². The summed E-state index contributed by atoms with van der Waals surface area (Å²) in [5.74, 6) is 0.931. The van der Waals surface area contributed by atoms with Gasteiger partial charge in [-0.15, -0.1) is 0 Å². The summed E-state index contributed by atoms with van der Waals surface area (Å²) in [6.45, 7) is 8.09. The third-order valence-electron chi connectivity index (χ3n) is 4.01. The SMILES string of the molecule is CCNCCC1CCN(Cc2ccc(Br)cc2)CC1. The molecule has 19 heavy (non-hydrogen) atoms. The van der Waals surface area contributed by atoms with Crippen molar-refractivity contribution in [2.45, 2.75) is 32.7 Å². The maximum atomic E-state index is 3.49. The van der Waals surface area contributed by atoms with Crippen molar-refractivity contribution in [1.82, 2.24) is 10.2 Å². The zero-order valence-electron chi connectivity index (χ0n) is 11.9. The number of nitrogens with zero attached hydrogens (tertiary/aromatic N) is 1. The van der Waals surface area contributed by atoms with E-state index >= 15 is 0 Å². The first kappa shape index (κ1) is 15.0. The van der Waals surface area contributed by atoms with E-state index in [9.17, 15) is 0 Å². The Morgan fingerprint density at radius 2 is 1.89 bits per heavy atom.